The molecule has 0 saturated heterocycles. The van der Waals surface area contributed by atoms with Crippen molar-refractivity contribution in [3.63, 3.8) is 0 Å². The van der Waals surface area contributed by atoms with Crippen LogP contribution in [-0.2, 0) is 16.0 Å². The Labute approximate surface area is 723 Å². The number of aromatic amines is 4. The summed E-state index contributed by atoms with van der Waals surface area (Å²) in [6, 6.07) is 37.4. The second-order valence-electron chi connectivity index (χ2n) is 33.0. The fourth-order valence-corrected chi connectivity index (χ4v) is 12.9. The number of oxazole rings is 1. The molecule has 13 aromatic heterocycles. The van der Waals surface area contributed by atoms with Gasteiger partial charge in [0, 0.05) is 84.5 Å². The Morgan fingerprint density at radius 1 is 0.382 bits per heavy atom. The van der Waals surface area contributed by atoms with Gasteiger partial charge >= 0.3 is 5.76 Å². The predicted molar refractivity (Wildman–Crippen MR) is 495 cm³/mol. The number of fused-ring (bicyclic) bond motifs is 9. The van der Waals surface area contributed by atoms with E-state index in [-0.39, 0.29) is 18.4 Å². The number of nitrogens with zero attached hydrogens (tertiary/aromatic N) is 12. The second kappa shape index (κ2) is 44.5. The maximum Gasteiger partial charge on any atom is 0.418 e. The lowest BCUT2D eigenvalue weighted by molar-refractivity contribution is -0.118. The number of nitrogens with one attached hydrogen (secondary N) is 6. The van der Waals surface area contributed by atoms with Crippen LogP contribution in [0, 0.1) is 0 Å². The molecular weight excluding hydrogens is 1560 g/mol. The minimum atomic E-state index is -0.455. The van der Waals surface area contributed by atoms with Crippen LogP contribution >= 0.6 is 11.3 Å². The first kappa shape index (κ1) is 92.3. The molecule has 0 spiro atoms. The van der Waals surface area contributed by atoms with Crippen molar-refractivity contribution in [1.82, 2.24) is 80.0 Å². The molecule has 0 radical (unpaired) electrons. The van der Waals surface area contributed by atoms with E-state index in [1.807, 2.05) is 79.1 Å². The summed E-state index contributed by atoms with van der Waals surface area (Å²) >= 11 is 1.70. The zero-order valence-corrected chi connectivity index (χ0v) is 75.0. The van der Waals surface area contributed by atoms with Gasteiger partial charge in [0.2, 0.25) is 5.91 Å². The molecule has 0 unspecified atom stereocenters. The quantitative estimate of drug-likeness (QED) is 0.0741. The Hall–Kier alpha value is -13.0. The second-order valence-corrected chi connectivity index (χ2v) is 33.9. The Bertz CT molecular complexity index is 5810. The fraction of sp³-hybridized carbons (Fsp3) is 0.351. The van der Waals surface area contributed by atoms with E-state index in [1.54, 1.807) is 54.8 Å². The smallest absolute Gasteiger partial charge is 0.418 e. The normalized spacial score (nSPS) is 12.2. The minimum absolute atomic E-state index is 0.0448. The fourth-order valence-electron chi connectivity index (χ4n) is 12.2. The van der Waals surface area contributed by atoms with Gasteiger partial charge in [-0.3, -0.25) is 34.6 Å². The number of aromatic nitrogens is 16. The van der Waals surface area contributed by atoms with Crippen molar-refractivity contribution in [3.8, 4) is 17.4 Å². The van der Waals surface area contributed by atoms with Gasteiger partial charge in [0.25, 0.3) is 11.8 Å². The van der Waals surface area contributed by atoms with Crippen LogP contribution in [0.2, 0.25) is 0 Å². The standard InChI is InChI=1S/C11H12N2.C10H12N2O2.C10H12N2O.2C10H12N2.C10H13NO2.C10H11NS.C9H11N3.C9H10N2O2.C8H11N/c1-8(2)9-3-4-10-11(7-9)13-6-5-12-10;1-6(2)7-3-8-10(11-4-7)12-9(13)5-14-8;1-6(2)8-3-7-4-9(13)12-10(7)11-5-8;1-7(2)9-5-8-3-4-11-10(8)12-6-9;1-7(2)8-3-4-9-10(5-8)12-6-11-9;1-7(2)8-5-9-10(11-6-8)13-4-3-12-9;1-7(2)8-3-4-10-9(5-8)11-6-12-10;1-6(2)7-3-8-5-11-12-9(8)10-4-7;1-5(2)6-3-7-8(10-4-6)11-9(12)13-7;1-7(2)8-4-3-5-9-6-8/h3-8H,1-2H3;3-4,6H,5H2,1-2H3,(H,11,12,13);3,5-6H,4H2,1-2H3,(H,11,12,13);2*3-7H,1-2H3,(H,11,12);5-7H,3-4H2,1-2H3;3-7H,1-2H3;3-6H,1-2H3,(H,10,11,12);3-5H,1-2H3,(H,10,11,12);3-7H,1-2H3. The highest BCUT2D eigenvalue weighted by Crippen LogP contribution is 2.33. The highest BCUT2D eigenvalue weighted by Gasteiger charge is 2.21. The lowest BCUT2D eigenvalue weighted by Crippen LogP contribution is -2.26. The molecule has 0 atom stereocenters. The molecule has 3 aromatic carbocycles. The number of ether oxygens (including phenoxy) is 3. The molecular formula is C97H116N18O7S. The molecule has 123 heavy (non-hydrogen) atoms. The number of benzene rings is 3. The van der Waals surface area contributed by atoms with E-state index in [0.29, 0.717) is 107 Å². The summed E-state index contributed by atoms with van der Waals surface area (Å²) in [5, 5.41) is 14.4. The zero-order valence-electron chi connectivity index (χ0n) is 74.2. The van der Waals surface area contributed by atoms with Crippen LogP contribution in [0.5, 0.6) is 17.4 Å². The van der Waals surface area contributed by atoms with Crippen molar-refractivity contribution in [2.75, 3.05) is 30.5 Å². The lowest BCUT2D eigenvalue weighted by Gasteiger charge is -2.18. The number of carbonyl (C=O) groups excluding carboxylic acids is 2. The van der Waals surface area contributed by atoms with E-state index < -0.39 is 5.76 Å². The van der Waals surface area contributed by atoms with Crippen molar-refractivity contribution in [1.29, 1.82) is 0 Å². The van der Waals surface area contributed by atoms with Crippen LogP contribution in [0.3, 0.4) is 0 Å². The minimum Gasteiger partial charge on any atom is -0.484 e. The molecule has 25 nitrogen and oxygen atoms in total. The first-order valence-electron chi connectivity index (χ1n) is 42.0. The number of rotatable bonds is 10. The van der Waals surface area contributed by atoms with Crippen LogP contribution in [0.25, 0.3) is 65.6 Å². The van der Waals surface area contributed by atoms with Crippen LogP contribution in [0.15, 0.2) is 205 Å². The van der Waals surface area contributed by atoms with Crippen LogP contribution in [-0.4, -0.2) is 112 Å². The molecule has 0 bridgehead atoms. The average Bonchev–Trinajstić information content (AvgIpc) is 1.64. The number of pyridine rings is 7. The summed E-state index contributed by atoms with van der Waals surface area (Å²) in [6.07, 6.45) is 24.1. The topological polar surface area (TPSA) is 334 Å². The van der Waals surface area contributed by atoms with E-state index in [4.69, 9.17) is 18.6 Å². The number of hydrogen-bond acceptors (Lipinski definition) is 20. The first-order valence-corrected chi connectivity index (χ1v) is 42.9. The van der Waals surface area contributed by atoms with Gasteiger partial charge in [-0.2, -0.15) is 5.10 Å². The summed E-state index contributed by atoms with van der Waals surface area (Å²) in [6.45, 7) is 44.2. The monoisotopic (exact) mass is 1680 g/mol. The van der Waals surface area contributed by atoms with Gasteiger partial charge in [-0.1, -0.05) is 163 Å². The lowest BCUT2D eigenvalue weighted by atomic mass is 10.0. The third-order valence-electron chi connectivity index (χ3n) is 20.2. The molecule has 6 N–H and O–H groups in total. The summed E-state index contributed by atoms with van der Waals surface area (Å²) in [7, 11) is 0. The first-order chi connectivity index (χ1) is 58.9. The molecule has 2 amide bonds. The molecule has 0 aliphatic carbocycles. The molecule has 0 fully saturated rings. The van der Waals surface area contributed by atoms with Crippen LogP contribution < -0.4 is 30.6 Å². The molecule has 19 rings (SSSR count). The van der Waals surface area contributed by atoms with E-state index in [0.717, 1.165) is 72.5 Å². The van der Waals surface area contributed by atoms with Crippen molar-refractivity contribution in [3.05, 3.63) is 267 Å². The maximum atomic E-state index is 11.0. The van der Waals surface area contributed by atoms with Crippen molar-refractivity contribution < 1.29 is 28.2 Å². The van der Waals surface area contributed by atoms with E-state index in [2.05, 4.69) is 302 Å². The maximum absolute atomic E-state index is 11.0. The number of anilines is 2. The van der Waals surface area contributed by atoms with E-state index in [9.17, 15) is 14.4 Å². The van der Waals surface area contributed by atoms with Gasteiger partial charge < -0.3 is 39.2 Å². The Morgan fingerprint density at radius 3 is 1.56 bits per heavy atom. The van der Waals surface area contributed by atoms with Crippen molar-refractivity contribution >= 4 is 100 Å². The highest BCUT2D eigenvalue weighted by molar-refractivity contribution is 7.16. The molecule has 16 heterocycles. The van der Waals surface area contributed by atoms with Crippen LogP contribution in [0.4, 0.5) is 11.6 Å². The molecule has 26 heteroatoms. The largest absolute Gasteiger partial charge is 0.484 e. The number of imidazole rings is 1. The Kier molecular flexibility index (Phi) is 33.4. The van der Waals surface area contributed by atoms with Crippen molar-refractivity contribution in [2.45, 2.75) is 204 Å². The number of carbonyl (C=O) groups is 2. The summed E-state index contributed by atoms with van der Waals surface area (Å²) in [5.41, 5.74) is 23.5. The van der Waals surface area contributed by atoms with E-state index in [1.165, 1.54) is 54.6 Å². The molecule has 3 aliphatic rings. The van der Waals surface area contributed by atoms with Gasteiger partial charge in [-0.05, 0) is 200 Å². The Balaban J connectivity index is 0.000000143. The molecule has 3 aliphatic heterocycles. The number of hydrogen-bond donors (Lipinski definition) is 6. The van der Waals surface area contributed by atoms with Gasteiger partial charge in [-0.25, -0.2) is 44.7 Å². The predicted octanol–water partition coefficient (Wildman–Crippen LogP) is 22.7. The number of amides is 2. The van der Waals surface area contributed by atoms with E-state index >= 15 is 0 Å². The summed E-state index contributed by atoms with van der Waals surface area (Å²) < 4.78 is 22.2. The third-order valence-corrected chi connectivity index (χ3v) is 21.0. The SMILES string of the molecule is CC(C)c1ccc2nc[nH]c2c1.CC(C)c1ccc2nccnc2c1.CC(C)c1ccc2scnc2c1.CC(C)c1cccnc1.CC(C)c1cnc2[nH]c(=O)oc2c1.CC(C)c1cnc2[nH]ccc2c1.CC(C)c1cnc2[nH]ncc2c1.CC(C)c1cnc2c(c1)CC(=O)N2.CC(C)c1cnc2c(c1)OCC(=O)N2.CC(C)c1cnc2c(c1)OCCO2. The Morgan fingerprint density at radius 2 is 0.919 bits per heavy atom. The van der Waals surface area contributed by atoms with Gasteiger partial charge in [0.15, 0.2) is 40.8 Å². The summed E-state index contributed by atoms with van der Waals surface area (Å²) in [5.74, 6) is 7.88. The molecule has 16 aromatic rings. The highest BCUT2D eigenvalue weighted by atomic mass is 32.1. The average molecular weight is 1680 g/mol. The molecule has 642 valence electrons. The molecule has 0 saturated carbocycles. The van der Waals surface area contributed by atoms with Crippen LogP contribution in [0.1, 0.15) is 259 Å². The van der Waals surface area contributed by atoms with Crippen molar-refractivity contribution in [2.24, 2.45) is 0 Å². The number of thiazole rings is 1. The van der Waals surface area contributed by atoms with Gasteiger partial charge in [-0.15, -0.1) is 11.3 Å². The summed E-state index contributed by atoms with van der Waals surface area (Å²) in [4.78, 5) is 87.6. The van der Waals surface area contributed by atoms with Gasteiger partial charge in [0.05, 0.1) is 56.7 Å². The third kappa shape index (κ3) is 27.0. The number of H-pyrrole nitrogens is 4. The zero-order chi connectivity index (χ0) is 88.4. The van der Waals surface area contributed by atoms with Gasteiger partial charge in [0.1, 0.15) is 24.7 Å².